The van der Waals surface area contributed by atoms with Crippen LogP contribution >= 0.6 is 11.8 Å². The lowest BCUT2D eigenvalue weighted by molar-refractivity contribution is 0.317. The third kappa shape index (κ3) is 4.18. The van der Waals surface area contributed by atoms with Gasteiger partial charge in [-0.1, -0.05) is 19.3 Å². The maximum Gasteiger partial charge on any atom is 0.164 e. The van der Waals surface area contributed by atoms with Crippen LogP contribution in [0.2, 0.25) is 0 Å². The smallest absolute Gasteiger partial charge is 0.164 e. The molecule has 1 aromatic heterocycles. The van der Waals surface area contributed by atoms with E-state index in [9.17, 15) is 0 Å². The molecule has 1 aliphatic rings. The quantitative estimate of drug-likeness (QED) is 0.803. The minimum absolute atomic E-state index is 0.372. The van der Waals surface area contributed by atoms with E-state index in [0.717, 1.165) is 18.1 Å². The molecule has 0 N–H and O–H groups in total. The lowest BCUT2D eigenvalue weighted by Crippen LogP contribution is -2.19. The first-order valence-corrected chi connectivity index (χ1v) is 8.27. The highest BCUT2D eigenvalue weighted by molar-refractivity contribution is 7.99. The molecule has 1 atom stereocenters. The van der Waals surface area contributed by atoms with Crippen LogP contribution in [-0.4, -0.2) is 51.5 Å². The van der Waals surface area contributed by atoms with Gasteiger partial charge in [-0.05, 0) is 44.3 Å². The summed E-state index contributed by atoms with van der Waals surface area (Å²) in [7, 11) is 4.22. The zero-order valence-corrected chi connectivity index (χ0v) is 13.1. The van der Waals surface area contributed by atoms with Gasteiger partial charge in [-0.25, -0.2) is 4.68 Å². The van der Waals surface area contributed by atoms with Gasteiger partial charge in [-0.15, -0.1) is 16.9 Å². The van der Waals surface area contributed by atoms with Crippen molar-refractivity contribution in [3.63, 3.8) is 0 Å². The van der Waals surface area contributed by atoms with Crippen molar-refractivity contribution >= 4 is 11.8 Å². The summed E-state index contributed by atoms with van der Waals surface area (Å²) >= 11 is 1.94. The summed E-state index contributed by atoms with van der Waals surface area (Å²) in [6, 6.07) is 0.524. The molecular formula is C13H25N5S. The molecule has 0 aromatic carbocycles. The molecule has 108 valence electrons. The molecule has 2 rings (SSSR count). The molecule has 6 heteroatoms. The lowest BCUT2D eigenvalue weighted by atomic mass is 9.95. The summed E-state index contributed by atoms with van der Waals surface area (Å²) < 4.78 is 2.09. The van der Waals surface area contributed by atoms with Crippen molar-refractivity contribution in [1.82, 2.24) is 25.1 Å². The van der Waals surface area contributed by atoms with Crippen LogP contribution in [0.1, 0.15) is 56.1 Å². The predicted molar refractivity (Wildman–Crippen MR) is 79.4 cm³/mol. The Bertz CT molecular complexity index is 373. The largest absolute Gasteiger partial charge is 0.309 e. The van der Waals surface area contributed by atoms with Crippen molar-refractivity contribution in [2.45, 2.75) is 50.3 Å². The second-order valence-electron chi connectivity index (χ2n) is 5.59. The molecule has 1 heterocycles. The zero-order valence-electron chi connectivity index (χ0n) is 12.2. The van der Waals surface area contributed by atoms with Crippen LogP contribution in [0.25, 0.3) is 0 Å². The fourth-order valence-electron chi connectivity index (χ4n) is 2.54. The van der Waals surface area contributed by atoms with Crippen molar-refractivity contribution in [3.05, 3.63) is 5.82 Å². The highest BCUT2D eigenvalue weighted by atomic mass is 32.2. The number of aromatic nitrogens is 4. The average Bonchev–Trinajstić information content (AvgIpc) is 2.88. The van der Waals surface area contributed by atoms with Crippen LogP contribution < -0.4 is 0 Å². The molecule has 1 aromatic rings. The van der Waals surface area contributed by atoms with Gasteiger partial charge in [0.25, 0.3) is 0 Å². The molecule has 5 nitrogen and oxygen atoms in total. The molecular weight excluding hydrogens is 258 g/mol. The Morgan fingerprint density at radius 2 is 2.05 bits per heavy atom. The third-order valence-corrected chi connectivity index (χ3v) is 4.84. The molecule has 0 saturated heterocycles. The number of nitrogens with zero attached hydrogens (tertiary/aromatic N) is 5. The second kappa shape index (κ2) is 7.24. The molecule has 1 aliphatic carbocycles. The summed E-state index contributed by atoms with van der Waals surface area (Å²) in [5, 5.41) is 12.8. The van der Waals surface area contributed by atoms with E-state index < -0.39 is 0 Å². The van der Waals surface area contributed by atoms with Crippen LogP contribution in [0, 0.1) is 0 Å². The third-order valence-electron chi connectivity index (χ3n) is 3.71. The Hall–Kier alpha value is -0.620. The molecule has 0 unspecified atom stereocenters. The number of hydrogen-bond donors (Lipinski definition) is 0. The van der Waals surface area contributed by atoms with Crippen molar-refractivity contribution < 1.29 is 0 Å². The van der Waals surface area contributed by atoms with E-state index in [2.05, 4.69) is 46.1 Å². The normalized spacial score (nSPS) is 18.9. The van der Waals surface area contributed by atoms with Gasteiger partial charge in [-0.2, -0.15) is 0 Å². The van der Waals surface area contributed by atoms with E-state index in [1.807, 2.05) is 11.8 Å². The monoisotopic (exact) mass is 283 g/mol. The molecule has 0 bridgehead atoms. The SMILES string of the molecule is C[C@H](SCCN(C)C)c1nnnn1C1CCCCC1. The molecule has 1 saturated carbocycles. The Morgan fingerprint density at radius 3 is 2.74 bits per heavy atom. The average molecular weight is 283 g/mol. The predicted octanol–water partition coefficient (Wildman–Crippen LogP) is 2.53. The van der Waals surface area contributed by atoms with Gasteiger partial charge in [0.1, 0.15) is 0 Å². The Kier molecular flexibility index (Phi) is 5.63. The van der Waals surface area contributed by atoms with E-state index in [-0.39, 0.29) is 0 Å². The maximum absolute atomic E-state index is 4.26. The molecule has 0 radical (unpaired) electrons. The fraction of sp³-hybridized carbons (Fsp3) is 0.923. The van der Waals surface area contributed by atoms with Crippen molar-refractivity contribution in [2.75, 3.05) is 26.4 Å². The molecule has 19 heavy (non-hydrogen) atoms. The zero-order chi connectivity index (χ0) is 13.7. The summed E-state index contributed by atoms with van der Waals surface area (Å²) in [5.74, 6) is 2.17. The van der Waals surface area contributed by atoms with E-state index >= 15 is 0 Å². The van der Waals surface area contributed by atoms with Crippen LogP contribution in [-0.2, 0) is 0 Å². The first kappa shape index (κ1) is 14.8. The summed E-state index contributed by atoms with van der Waals surface area (Å²) in [6.07, 6.45) is 6.44. The molecule has 1 fully saturated rings. The summed E-state index contributed by atoms with van der Waals surface area (Å²) in [6.45, 7) is 3.31. The minimum atomic E-state index is 0.372. The number of hydrogen-bond acceptors (Lipinski definition) is 5. The number of thioether (sulfide) groups is 1. The first-order valence-electron chi connectivity index (χ1n) is 7.22. The molecule has 0 amide bonds. The minimum Gasteiger partial charge on any atom is -0.309 e. The van der Waals surface area contributed by atoms with Crippen molar-refractivity contribution in [2.24, 2.45) is 0 Å². The van der Waals surface area contributed by atoms with Gasteiger partial charge < -0.3 is 4.90 Å². The summed E-state index contributed by atoms with van der Waals surface area (Å²) in [4.78, 5) is 2.21. The Balaban J connectivity index is 1.93. The van der Waals surface area contributed by atoms with E-state index in [1.165, 1.54) is 32.1 Å². The van der Waals surface area contributed by atoms with Gasteiger partial charge in [0.05, 0.1) is 11.3 Å². The van der Waals surface area contributed by atoms with E-state index in [0.29, 0.717) is 11.3 Å². The topological polar surface area (TPSA) is 46.8 Å². The van der Waals surface area contributed by atoms with Crippen molar-refractivity contribution in [3.8, 4) is 0 Å². The fourth-order valence-corrected chi connectivity index (χ4v) is 3.67. The van der Waals surface area contributed by atoms with Crippen LogP contribution in [0.5, 0.6) is 0 Å². The van der Waals surface area contributed by atoms with Gasteiger partial charge >= 0.3 is 0 Å². The Morgan fingerprint density at radius 1 is 1.32 bits per heavy atom. The highest BCUT2D eigenvalue weighted by Crippen LogP contribution is 2.32. The maximum atomic E-state index is 4.26. The van der Waals surface area contributed by atoms with E-state index in [1.54, 1.807) is 0 Å². The molecule has 0 spiro atoms. The van der Waals surface area contributed by atoms with Gasteiger partial charge in [0, 0.05) is 12.3 Å². The second-order valence-corrected chi connectivity index (χ2v) is 7.04. The van der Waals surface area contributed by atoms with Crippen LogP contribution in [0.4, 0.5) is 0 Å². The van der Waals surface area contributed by atoms with Crippen LogP contribution in [0.15, 0.2) is 0 Å². The standard InChI is InChI=1S/C13H25N5S/c1-11(19-10-9-17(2)3)13-14-15-16-18(13)12-7-5-4-6-8-12/h11-12H,4-10H2,1-3H3/t11-/m0/s1. The highest BCUT2D eigenvalue weighted by Gasteiger charge is 2.23. The van der Waals surface area contributed by atoms with Gasteiger partial charge in [0.15, 0.2) is 5.82 Å². The Labute approximate surface area is 120 Å². The number of rotatable bonds is 6. The van der Waals surface area contributed by atoms with E-state index in [4.69, 9.17) is 0 Å². The van der Waals surface area contributed by atoms with Crippen LogP contribution in [0.3, 0.4) is 0 Å². The van der Waals surface area contributed by atoms with Gasteiger partial charge in [-0.3, -0.25) is 0 Å². The number of tetrazole rings is 1. The first-order chi connectivity index (χ1) is 9.18. The van der Waals surface area contributed by atoms with Crippen molar-refractivity contribution in [1.29, 1.82) is 0 Å². The summed E-state index contributed by atoms with van der Waals surface area (Å²) in [5.41, 5.74) is 0. The molecule has 0 aliphatic heterocycles. The van der Waals surface area contributed by atoms with Gasteiger partial charge in [0.2, 0.25) is 0 Å². The lowest BCUT2D eigenvalue weighted by Gasteiger charge is -2.23.